The quantitative estimate of drug-likeness (QED) is 0.148. The molecule has 0 aliphatic rings. The van der Waals surface area contributed by atoms with Crippen molar-refractivity contribution in [2.75, 3.05) is 14.2 Å². The lowest BCUT2D eigenvalue weighted by Gasteiger charge is -2.40. The minimum absolute atomic E-state index is 0.00139. The predicted molar refractivity (Wildman–Crippen MR) is 162 cm³/mol. The summed E-state index contributed by atoms with van der Waals surface area (Å²) < 4.78 is 31.0. The highest BCUT2D eigenvalue weighted by Gasteiger charge is 2.41. The summed E-state index contributed by atoms with van der Waals surface area (Å²) in [5.74, 6) is 1.42. The van der Waals surface area contributed by atoms with Crippen LogP contribution >= 0.6 is 0 Å². The first-order chi connectivity index (χ1) is 18.0. The number of rotatable bonds is 20. The Morgan fingerprint density at radius 1 is 0.789 bits per heavy atom. The van der Waals surface area contributed by atoms with Crippen molar-refractivity contribution in [3.63, 3.8) is 0 Å². The molecule has 1 aromatic rings. The van der Waals surface area contributed by atoms with Gasteiger partial charge in [-0.1, -0.05) is 54.5 Å². The van der Waals surface area contributed by atoms with E-state index in [1.165, 1.54) is 0 Å². The van der Waals surface area contributed by atoms with Gasteiger partial charge in [-0.15, -0.1) is 0 Å². The van der Waals surface area contributed by atoms with Crippen LogP contribution in [0.15, 0.2) is 18.2 Å². The number of carbonyl (C=O) groups excluding carboxylic acids is 1. The number of carbonyl (C=O) groups is 1. The third-order valence-corrected chi connectivity index (χ3v) is 18.0. The maximum Gasteiger partial charge on any atom is 0.192 e. The molecule has 0 aliphatic heterocycles. The molecule has 0 saturated heterocycles. The first-order valence-electron chi connectivity index (χ1n) is 14.7. The number of benzene rings is 1. The van der Waals surface area contributed by atoms with E-state index in [1.54, 1.807) is 21.1 Å². The summed E-state index contributed by atoms with van der Waals surface area (Å²) in [4.78, 5) is 13.1. The van der Waals surface area contributed by atoms with Crippen LogP contribution in [0, 0.1) is 5.92 Å². The molecule has 0 amide bonds. The zero-order valence-corrected chi connectivity index (χ0v) is 28.1. The van der Waals surface area contributed by atoms with Crippen LogP contribution in [0.4, 0.5) is 0 Å². The van der Waals surface area contributed by atoms with Crippen LogP contribution in [-0.2, 0) is 25.0 Å². The van der Waals surface area contributed by atoms with Crippen molar-refractivity contribution in [3.05, 3.63) is 23.8 Å². The van der Waals surface area contributed by atoms with Gasteiger partial charge in [0.1, 0.15) is 6.10 Å². The zero-order valence-electron chi connectivity index (χ0n) is 26.1. The van der Waals surface area contributed by atoms with Gasteiger partial charge in [-0.3, -0.25) is 4.79 Å². The number of Topliss-reactive ketones (excluding diaryl/α,β-unsaturated/α-hetero) is 1. The molecule has 0 saturated carbocycles. The van der Waals surface area contributed by atoms with Gasteiger partial charge >= 0.3 is 0 Å². The van der Waals surface area contributed by atoms with Gasteiger partial charge in [0.2, 0.25) is 0 Å². The summed E-state index contributed by atoms with van der Waals surface area (Å²) in [6.07, 6.45) is -0.00890. The molecule has 220 valence electrons. The minimum Gasteiger partial charge on any atom is -0.493 e. The molecule has 0 bridgehead atoms. The standard InChI is InChI=1S/C30H56O6Si2/c1-12-37(13-2,14-3)35-24(8)20-23(7)29(36-38(15-4,16-5)17-6)30(25(9)31)34-22-26-18-19-27(32-10)28(21-26)33-11/h18-19,21,23-24,29-30H,12-17,20,22H2,1-11H3/t23-,24-,29+,30+/m1/s1. The Labute approximate surface area is 235 Å². The average molecular weight is 569 g/mol. The monoisotopic (exact) mass is 568 g/mol. The molecular weight excluding hydrogens is 512 g/mol. The third-order valence-electron chi connectivity index (χ3n) is 8.54. The van der Waals surface area contributed by atoms with E-state index in [0.717, 1.165) is 48.2 Å². The van der Waals surface area contributed by atoms with Crippen LogP contribution in [0.1, 0.15) is 74.3 Å². The smallest absolute Gasteiger partial charge is 0.192 e. The zero-order chi connectivity index (χ0) is 28.9. The van der Waals surface area contributed by atoms with Gasteiger partial charge in [-0.25, -0.2) is 0 Å². The Bertz CT molecular complexity index is 808. The van der Waals surface area contributed by atoms with Crippen LogP contribution in [0.5, 0.6) is 11.5 Å². The van der Waals surface area contributed by atoms with Crippen molar-refractivity contribution in [2.24, 2.45) is 5.92 Å². The lowest BCUT2D eigenvalue weighted by molar-refractivity contribution is -0.140. The topological polar surface area (TPSA) is 63.2 Å². The van der Waals surface area contributed by atoms with E-state index in [2.05, 4.69) is 55.4 Å². The predicted octanol–water partition coefficient (Wildman–Crippen LogP) is 8.00. The van der Waals surface area contributed by atoms with E-state index in [-0.39, 0.29) is 23.9 Å². The molecule has 38 heavy (non-hydrogen) atoms. The van der Waals surface area contributed by atoms with E-state index < -0.39 is 22.7 Å². The number of ether oxygens (including phenoxy) is 3. The Kier molecular flexibility index (Phi) is 15.4. The van der Waals surface area contributed by atoms with Gasteiger partial charge in [-0.2, -0.15) is 0 Å². The first kappa shape index (κ1) is 34.8. The summed E-state index contributed by atoms with van der Waals surface area (Å²) in [7, 11) is -0.497. The van der Waals surface area contributed by atoms with Crippen molar-refractivity contribution in [1.82, 2.24) is 0 Å². The first-order valence-corrected chi connectivity index (χ1v) is 19.8. The van der Waals surface area contributed by atoms with E-state index in [4.69, 9.17) is 23.1 Å². The van der Waals surface area contributed by atoms with Crippen LogP contribution in [0.25, 0.3) is 0 Å². The van der Waals surface area contributed by atoms with Gasteiger partial charge in [0.15, 0.2) is 33.9 Å². The molecule has 0 aromatic heterocycles. The molecule has 1 aromatic carbocycles. The molecule has 0 fully saturated rings. The van der Waals surface area contributed by atoms with Crippen molar-refractivity contribution in [3.8, 4) is 11.5 Å². The fourth-order valence-corrected chi connectivity index (χ4v) is 11.4. The fraction of sp³-hybridized carbons (Fsp3) is 0.767. The lowest BCUT2D eigenvalue weighted by Crippen LogP contribution is -2.50. The summed E-state index contributed by atoms with van der Waals surface area (Å²) in [5.41, 5.74) is 0.923. The Morgan fingerprint density at radius 2 is 1.29 bits per heavy atom. The second kappa shape index (κ2) is 16.8. The molecular formula is C30H56O6Si2. The summed E-state index contributed by atoms with van der Waals surface area (Å²) in [5, 5.41) is 0. The normalized spacial score (nSPS) is 15.6. The molecule has 6 nitrogen and oxygen atoms in total. The Hall–Kier alpha value is -1.20. The lowest BCUT2D eigenvalue weighted by atomic mass is 9.92. The van der Waals surface area contributed by atoms with E-state index in [1.807, 2.05) is 18.2 Å². The molecule has 0 N–H and O–H groups in total. The van der Waals surface area contributed by atoms with Crippen molar-refractivity contribution < 1.29 is 27.9 Å². The highest BCUT2D eigenvalue weighted by molar-refractivity contribution is 6.74. The third kappa shape index (κ3) is 9.47. The molecule has 4 atom stereocenters. The van der Waals surface area contributed by atoms with Crippen LogP contribution in [0.3, 0.4) is 0 Å². The summed E-state index contributed by atoms with van der Waals surface area (Å²) >= 11 is 0. The highest BCUT2D eigenvalue weighted by Crippen LogP contribution is 2.33. The summed E-state index contributed by atoms with van der Waals surface area (Å²) in [6, 6.07) is 12.2. The summed E-state index contributed by atoms with van der Waals surface area (Å²) in [6.45, 7) is 19.8. The van der Waals surface area contributed by atoms with Crippen LogP contribution in [-0.4, -0.2) is 54.9 Å². The second-order valence-electron chi connectivity index (χ2n) is 10.7. The molecule has 0 heterocycles. The van der Waals surface area contributed by atoms with Gasteiger partial charge < -0.3 is 23.1 Å². The Morgan fingerprint density at radius 3 is 1.74 bits per heavy atom. The van der Waals surface area contributed by atoms with Gasteiger partial charge in [-0.05, 0) is 80.1 Å². The highest BCUT2D eigenvalue weighted by atomic mass is 28.4. The minimum atomic E-state index is -2.01. The Balaban J connectivity index is 3.26. The van der Waals surface area contributed by atoms with Crippen LogP contribution < -0.4 is 9.47 Å². The maximum absolute atomic E-state index is 13.1. The van der Waals surface area contributed by atoms with Crippen molar-refractivity contribution in [1.29, 1.82) is 0 Å². The van der Waals surface area contributed by atoms with E-state index in [0.29, 0.717) is 18.1 Å². The molecule has 0 spiro atoms. The number of methoxy groups -OCH3 is 2. The molecule has 0 unspecified atom stereocenters. The fourth-order valence-electron chi connectivity index (χ4n) is 5.50. The number of ketones is 1. The number of hydrogen-bond acceptors (Lipinski definition) is 6. The van der Waals surface area contributed by atoms with Crippen molar-refractivity contribution >= 4 is 22.4 Å². The average Bonchev–Trinajstić information content (AvgIpc) is 2.93. The largest absolute Gasteiger partial charge is 0.493 e. The van der Waals surface area contributed by atoms with E-state index in [9.17, 15) is 4.79 Å². The maximum atomic E-state index is 13.1. The molecule has 1 rings (SSSR count). The van der Waals surface area contributed by atoms with Gasteiger partial charge in [0.05, 0.1) is 26.9 Å². The molecule has 8 heteroatoms. The van der Waals surface area contributed by atoms with E-state index >= 15 is 0 Å². The van der Waals surface area contributed by atoms with Crippen LogP contribution in [0.2, 0.25) is 36.3 Å². The van der Waals surface area contributed by atoms with Gasteiger partial charge in [0.25, 0.3) is 0 Å². The molecule has 0 radical (unpaired) electrons. The van der Waals surface area contributed by atoms with Gasteiger partial charge in [0, 0.05) is 6.10 Å². The number of hydrogen-bond donors (Lipinski definition) is 0. The molecule has 0 aliphatic carbocycles. The second-order valence-corrected chi connectivity index (χ2v) is 20.2. The van der Waals surface area contributed by atoms with Crippen molar-refractivity contribution in [2.45, 2.75) is 130 Å². The SMILES string of the molecule is CC[Si](CC)(CC)O[C@@H]([C@H](C)C[C@@H](C)O[Si](CC)(CC)CC)[C@@H](OCc1ccc(OC)c(OC)c1)C(C)=O.